The van der Waals surface area contributed by atoms with Gasteiger partial charge < -0.3 is 30.0 Å². The second-order valence-corrected chi connectivity index (χ2v) is 10.6. The summed E-state index contributed by atoms with van der Waals surface area (Å²) < 4.78 is 12.0. The van der Waals surface area contributed by atoms with Crippen LogP contribution >= 0.6 is 11.6 Å². The number of halogens is 1. The topological polar surface area (TPSA) is 112 Å². The maximum atomic E-state index is 12.3. The van der Waals surface area contributed by atoms with Crippen molar-refractivity contribution in [3.63, 3.8) is 0 Å². The van der Waals surface area contributed by atoms with Gasteiger partial charge >= 0.3 is 6.09 Å². The smallest absolute Gasteiger partial charge is 0.410 e. The Hall–Kier alpha value is -3.56. The molecule has 0 radical (unpaired) electrons. The molecule has 0 bridgehead atoms. The number of carbonyl (C=O) groups excluding carboxylic acids is 2. The van der Waals surface area contributed by atoms with Crippen LogP contribution in [-0.4, -0.2) is 59.4 Å². The number of imidazole rings is 1. The van der Waals surface area contributed by atoms with E-state index in [2.05, 4.69) is 29.2 Å². The van der Waals surface area contributed by atoms with E-state index in [4.69, 9.17) is 21.1 Å². The fourth-order valence-corrected chi connectivity index (χ4v) is 4.75. The predicted octanol–water partition coefficient (Wildman–Crippen LogP) is 5.57. The van der Waals surface area contributed by atoms with Gasteiger partial charge in [0, 0.05) is 32.3 Å². The minimum absolute atomic E-state index is 0.000531. The Morgan fingerprint density at radius 3 is 2.49 bits per heavy atom. The van der Waals surface area contributed by atoms with Crippen LogP contribution < -0.4 is 11.1 Å². The molecule has 1 aliphatic heterocycles. The molecule has 0 spiro atoms. The first-order chi connectivity index (χ1) is 19.6. The number of aromatic nitrogens is 2. The highest BCUT2D eigenvalue weighted by Gasteiger charge is 2.26. The fourth-order valence-electron chi connectivity index (χ4n) is 4.58. The first-order valence-corrected chi connectivity index (χ1v) is 14.2. The molecule has 1 aliphatic carbocycles. The van der Waals surface area contributed by atoms with Crippen LogP contribution in [0.25, 0.3) is 5.57 Å². The van der Waals surface area contributed by atoms with Crippen LogP contribution in [0.4, 0.5) is 4.79 Å². The molecule has 10 heteroatoms. The van der Waals surface area contributed by atoms with Crippen LogP contribution in [0.2, 0.25) is 5.02 Å². The van der Waals surface area contributed by atoms with E-state index in [1.807, 2.05) is 49.7 Å². The number of ether oxygens (including phenoxy) is 2. The van der Waals surface area contributed by atoms with Crippen LogP contribution in [0, 0.1) is 0 Å². The third kappa shape index (κ3) is 10.7. The lowest BCUT2D eigenvalue weighted by Crippen LogP contribution is -2.37. The molecule has 1 saturated heterocycles. The molecule has 1 aromatic carbocycles. The molecule has 1 fully saturated rings. The summed E-state index contributed by atoms with van der Waals surface area (Å²) in [5, 5.41) is 3.72. The molecular weight excluding hydrogens is 542 g/mol. The third-order valence-electron chi connectivity index (χ3n) is 6.45. The molecule has 1 aromatic heterocycles. The number of amides is 2. The standard InChI is InChI=1S/C20H22ClN3O2.C9H17NO2.C2H5N/c1-13-4-5-14-6-7-15(21)9-16(14)17(8-13)20(23-19(25)11-26-3)18-10-22-12-24(18)2;1-8(2)12-9(11)10-6-4-3-5-7-10;1-2-3/h6-10,12,20H,1,4-5,11H2,2-3H3,(H,23,25);8H,3-7H2,1-2H3;2H,1,3H2. The summed E-state index contributed by atoms with van der Waals surface area (Å²) in [7, 11) is 3.41. The van der Waals surface area contributed by atoms with Gasteiger partial charge in [0.1, 0.15) is 6.61 Å². The predicted molar refractivity (Wildman–Crippen MR) is 164 cm³/mol. The highest BCUT2D eigenvalue weighted by Crippen LogP contribution is 2.37. The molecule has 224 valence electrons. The Morgan fingerprint density at radius 1 is 1.22 bits per heavy atom. The van der Waals surface area contributed by atoms with E-state index >= 15 is 0 Å². The van der Waals surface area contributed by atoms with Crippen molar-refractivity contribution in [3.05, 3.63) is 83.6 Å². The molecule has 4 rings (SSSR count). The zero-order chi connectivity index (χ0) is 30.4. The number of nitrogens with two attached hydrogens (primary N) is 1. The molecule has 2 aliphatic rings. The van der Waals surface area contributed by atoms with Crippen molar-refractivity contribution in [1.82, 2.24) is 19.8 Å². The fraction of sp³-hybridized carbons (Fsp3) is 0.452. The van der Waals surface area contributed by atoms with E-state index in [-0.39, 0.29) is 30.8 Å². The quantitative estimate of drug-likeness (QED) is 0.458. The van der Waals surface area contributed by atoms with Crippen molar-refractivity contribution in [1.29, 1.82) is 0 Å². The molecule has 0 saturated carbocycles. The Bertz CT molecular complexity index is 1200. The Labute approximate surface area is 249 Å². The van der Waals surface area contributed by atoms with Crippen LogP contribution in [0.3, 0.4) is 0 Å². The third-order valence-corrected chi connectivity index (χ3v) is 6.69. The zero-order valence-corrected chi connectivity index (χ0v) is 25.5. The van der Waals surface area contributed by atoms with Gasteiger partial charge in [0.2, 0.25) is 5.91 Å². The van der Waals surface area contributed by atoms with E-state index in [9.17, 15) is 9.59 Å². The van der Waals surface area contributed by atoms with Gasteiger partial charge in [-0.1, -0.05) is 42.5 Å². The lowest BCUT2D eigenvalue weighted by Gasteiger charge is -2.26. The van der Waals surface area contributed by atoms with Gasteiger partial charge in [-0.3, -0.25) is 4.79 Å². The van der Waals surface area contributed by atoms with Crippen molar-refractivity contribution in [2.24, 2.45) is 12.8 Å². The van der Waals surface area contributed by atoms with Crippen molar-refractivity contribution in [3.8, 4) is 0 Å². The number of carbonyl (C=O) groups is 2. The summed E-state index contributed by atoms with van der Waals surface area (Å²) >= 11 is 6.27. The summed E-state index contributed by atoms with van der Waals surface area (Å²) in [6, 6.07) is 5.51. The maximum absolute atomic E-state index is 12.3. The lowest BCUT2D eigenvalue weighted by molar-refractivity contribution is -0.125. The van der Waals surface area contributed by atoms with Gasteiger partial charge in [0.05, 0.1) is 30.4 Å². The number of aryl methyl sites for hydroxylation is 2. The number of allylic oxidation sites excluding steroid dienone is 2. The number of hydrogen-bond donors (Lipinski definition) is 2. The average molecular weight is 586 g/mol. The molecule has 1 unspecified atom stereocenters. The van der Waals surface area contributed by atoms with E-state index in [0.717, 1.165) is 61.2 Å². The number of benzene rings is 1. The first kappa shape index (κ1) is 33.6. The van der Waals surface area contributed by atoms with E-state index < -0.39 is 0 Å². The van der Waals surface area contributed by atoms with Crippen LogP contribution in [-0.2, 0) is 27.7 Å². The Morgan fingerprint density at radius 2 is 1.90 bits per heavy atom. The summed E-state index contributed by atoms with van der Waals surface area (Å²) in [4.78, 5) is 29.6. The molecule has 41 heavy (non-hydrogen) atoms. The summed E-state index contributed by atoms with van der Waals surface area (Å²) in [5.74, 6) is -0.196. The number of rotatable bonds is 6. The summed E-state index contributed by atoms with van der Waals surface area (Å²) in [5.41, 5.74) is 9.67. The molecule has 2 aromatic rings. The molecular formula is C31H44ClN5O4. The number of hydrogen-bond acceptors (Lipinski definition) is 6. The van der Waals surface area contributed by atoms with Crippen molar-refractivity contribution in [2.75, 3.05) is 26.8 Å². The molecule has 9 nitrogen and oxygen atoms in total. The number of methoxy groups -OCH3 is 1. The van der Waals surface area contributed by atoms with Crippen molar-refractivity contribution < 1.29 is 19.1 Å². The van der Waals surface area contributed by atoms with Gasteiger partial charge in [-0.15, -0.1) is 0 Å². The largest absolute Gasteiger partial charge is 0.447 e. The number of likely N-dealkylation sites (tertiary alicyclic amines) is 1. The SMILES string of the molecule is C=C1C=C(C(NC(=O)COC)c2cncn2C)c2cc(Cl)ccc2CC1.C=CN.CC(C)OC(=O)N1CCCCC1. The average Bonchev–Trinajstić information content (AvgIpc) is 3.29. The van der Waals surface area contributed by atoms with Gasteiger partial charge in [0.25, 0.3) is 0 Å². The second kappa shape index (κ2) is 17.3. The van der Waals surface area contributed by atoms with Crippen molar-refractivity contribution in [2.45, 2.75) is 58.1 Å². The van der Waals surface area contributed by atoms with Crippen LogP contribution in [0.1, 0.15) is 62.4 Å². The summed E-state index contributed by atoms with van der Waals surface area (Å²) in [6.45, 7) is 12.8. The van der Waals surface area contributed by atoms with Crippen LogP contribution in [0.5, 0.6) is 0 Å². The van der Waals surface area contributed by atoms with Gasteiger partial charge in [0.15, 0.2) is 0 Å². The van der Waals surface area contributed by atoms with Crippen LogP contribution in [0.15, 0.2) is 61.7 Å². The number of piperidine rings is 1. The Kier molecular flexibility index (Phi) is 14.2. The molecule has 2 amide bonds. The normalized spacial score (nSPS) is 15.1. The minimum atomic E-state index is -0.378. The zero-order valence-electron chi connectivity index (χ0n) is 24.7. The lowest BCUT2D eigenvalue weighted by atomic mass is 9.92. The highest BCUT2D eigenvalue weighted by atomic mass is 35.5. The van der Waals surface area contributed by atoms with Gasteiger partial charge in [-0.2, -0.15) is 0 Å². The van der Waals surface area contributed by atoms with Gasteiger partial charge in [-0.25, -0.2) is 9.78 Å². The highest BCUT2D eigenvalue weighted by molar-refractivity contribution is 6.30. The Balaban J connectivity index is 0.000000327. The number of fused-ring (bicyclic) bond motifs is 1. The first-order valence-electron chi connectivity index (χ1n) is 13.8. The van der Waals surface area contributed by atoms with Gasteiger partial charge in [-0.05, 0) is 81.0 Å². The number of nitrogens with zero attached hydrogens (tertiary/aromatic N) is 3. The van der Waals surface area contributed by atoms with Crippen molar-refractivity contribution >= 4 is 29.2 Å². The number of nitrogens with one attached hydrogen (secondary N) is 1. The summed E-state index contributed by atoms with van der Waals surface area (Å²) in [6.07, 6.45) is 11.9. The maximum Gasteiger partial charge on any atom is 0.410 e. The van der Waals surface area contributed by atoms with E-state index in [0.29, 0.717) is 5.02 Å². The monoisotopic (exact) mass is 585 g/mol. The second-order valence-electron chi connectivity index (χ2n) is 10.1. The van der Waals surface area contributed by atoms with E-state index in [1.54, 1.807) is 17.4 Å². The van der Waals surface area contributed by atoms with E-state index in [1.165, 1.54) is 25.3 Å². The molecule has 2 heterocycles. The molecule has 1 atom stereocenters. The minimum Gasteiger partial charge on any atom is -0.447 e. The molecule has 3 N–H and O–H groups in total.